The first-order valence-electron chi connectivity index (χ1n) is 8.93. The molecular weight excluding hydrogens is 450 g/mol. The lowest BCUT2D eigenvalue weighted by Gasteiger charge is -2.27. The molecule has 8 nitrogen and oxygen atoms in total. The number of carboxylic acid groups (broad SMARTS) is 2. The Morgan fingerprint density at radius 3 is 1.84 bits per heavy atom. The van der Waals surface area contributed by atoms with Gasteiger partial charge in [0.05, 0.1) is 18.4 Å². The second-order valence-corrected chi connectivity index (χ2v) is 6.22. The molecule has 0 aliphatic carbocycles. The first-order chi connectivity index (χ1) is 14.8. The van der Waals surface area contributed by atoms with Crippen LogP contribution >= 0.6 is 0 Å². The van der Waals surface area contributed by atoms with E-state index in [2.05, 4.69) is 45.8 Å². The fraction of sp³-hybridized carbons (Fsp3) is 0.389. The van der Waals surface area contributed by atoms with E-state index in [4.69, 9.17) is 19.8 Å². The summed E-state index contributed by atoms with van der Waals surface area (Å²) in [6, 6.07) is 10.4. The second kappa shape index (κ2) is 11.9. The van der Waals surface area contributed by atoms with Gasteiger partial charge in [0.2, 0.25) is 0 Å². The van der Waals surface area contributed by atoms with Gasteiger partial charge in [0, 0.05) is 32.4 Å². The number of piperazine rings is 1. The van der Waals surface area contributed by atoms with Crippen LogP contribution in [0.15, 0.2) is 42.7 Å². The number of hydrogen-bond donors (Lipinski definition) is 3. The van der Waals surface area contributed by atoms with E-state index in [1.807, 2.05) is 16.9 Å². The van der Waals surface area contributed by atoms with Crippen LogP contribution in [0.4, 0.5) is 32.0 Å². The number of benzene rings is 1. The molecule has 1 fully saturated rings. The summed E-state index contributed by atoms with van der Waals surface area (Å²) >= 11 is 0. The summed E-state index contributed by atoms with van der Waals surface area (Å²) in [5, 5.41) is 22.1. The predicted octanol–water partition coefficient (Wildman–Crippen LogP) is 2.61. The lowest BCUT2D eigenvalue weighted by atomic mass is 10.2. The Morgan fingerprint density at radius 1 is 0.938 bits per heavy atom. The number of alkyl halides is 6. The van der Waals surface area contributed by atoms with Crippen LogP contribution in [0.1, 0.15) is 5.56 Å². The van der Waals surface area contributed by atoms with E-state index in [1.165, 1.54) is 11.3 Å². The number of aliphatic carboxylic acids is 2. The summed E-state index contributed by atoms with van der Waals surface area (Å²) in [6.07, 6.45) is -6.06. The molecule has 0 atom stereocenters. The summed E-state index contributed by atoms with van der Waals surface area (Å²) in [7, 11) is 0. The van der Waals surface area contributed by atoms with Crippen LogP contribution in [0, 0.1) is 0 Å². The van der Waals surface area contributed by atoms with E-state index in [-0.39, 0.29) is 0 Å². The van der Waals surface area contributed by atoms with Crippen LogP contribution in [0.5, 0.6) is 0 Å². The molecule has 2 heterocycles. The number of anilines is 1. The van der Waals surface area contributed by atoms with Crippen molar-refractivity contribution in [2.24, 2.45) is 0 Å². The number of hydrogen-bond acceptors (Lipinski definition) is 5. The molecule has 1 aliphatic rings. The fourth-order valence-electron chi connectivity index (χ4n) is 2.30. The Labute approximate surface area is 178 Å². The zero-order valence-corrected chi connectivity index (χ0v) is 16.4. The molecule has 1 saturated heterocycles. The van der Waals surface area contributed by atoms with E-state index in [9.17, 15) is 26.3 Å². The monoisotopic (exact) mass is 470 g/mol. The van der Waals surface area contributed by atoms with Gasteiger partial charge < -0.3 is 20.4 Å². The summed E-state index contributed by atoms with van der Waals surface area (Å²) < 4.78 is 65.5. The smallest absolute Gasteiger partial charge is 0.475 e. The van der Waals surface area contributed by atoms with Crippen molar-refractivity contribution in [3.05, 3.63) is 48.3 Å². The maximum atomic E-state index is 10.6. The SMILES string of the molecule is O=C(O)C(F)(F)F.O=C(O)C(F)(F)F.c1ccc(Cn2cc(N3CCNCC3)cn2)cc1. The third-order valence-electron chi connectivity index (χ3n) is 3.77. The average molecular weight is 470 g/mol. The molecule has 0 unspecified atom stereocenters. The standard InChI is InChI=1S/C14H18N4.2C2HF3O2/c1-2-4-13(5-3-1)11-18-12-14(10-16-18)17-8-6-15-7-9-17;2*3-2(4,5)1(6)7/h1-5,10,12,15H,6-9,11H2;2*(H,6,7). The second-order valence-electron chi connectivity index (χ2n) is 6.22. The molecule has 0 bridgehead atoms. The molecule has 14 heteroatoms. The highest BCUT2D eigenvalue weighted by atomic mass is 19.4. The molecule has 1 aromatic carbocycles. The highest BCUT2D eigenvalue weighted by molar-refractivity contribution is 5.73. The van der Waals surface area contributed by atoms with Gasteiger partial charge in [0.15, 0.2) is 0 Å². The molecule has 0 radical (unpaired) electrons. The van der Waals surface area contributed by atoms with Crippen molar-refractivity contribution in [1.29, 1.82) is 0 Å². The summed E-state index contributed by atoms with van der Waals surface area (Å²) in [4.78, 5) is 20.2. The number of rotatable bonds is 3. The topological polar surface area (TPSA) is 108 Å². The third-order valence-corrected chi connectivity index (χ3v) is 3.77. The summed E-state index contributed by atoms with van der Waals surface area (Å²) in [5.74, 6) is -5.51. The highest BCUT2D eigenvalue weighted by Crippen LogP contribution is 2.15. The lowest BCUT2D eigenvalue weighted by Crippen LogP contribution is -2.43. The van der Waals surface area contributed by atoms with E-state index in [0.29, 0.717) is 0 Å². The summed E-state index contributed by atoms with van der Waals surface area (Å²) in [6.45, 7) is 5.09. The first-order valence-corrected chi connectivity index (χ1v) is 8.93. The van der Waals surface area contributed by atoms with E-state index in [1.54, 1.807) is 0 Å². The number of carbonyl (C=O) groups is 2. The molecule has 3 N–H and O–H groups in total. The molecule has 3 rings (SSSR count). The molecule has 0 spiro atoms. The number of nitrogens with one attached hydrogen (secondary N) is 1. The van der Waals surface area contributed by atoms with Crippen molar-refractivity contribution in [3.63, 3.8) is 0 Å². The van der Waals surface area contributed by atoms with Crippen molar-refractivity contribution in [1.82, 2.24) is 15.1 Å². The quantitative estimate of drug-likeness (QED) is 0.592. The van der Waals surface area contributed by atoms with Crippen LogP contribution < -0.4 is 10.2 Å². The van der Waals surface area contributed by atoms with Gasteiger partial charge in [0.25, 0.3) is 0 Å². The van der Waals surface area contributed by atoms with Crippen LogP contribution in [-0.2, 0) is 16.1 Å². The van der Waals surface area contributed by atoms with Crippen LogP contribution in [-0.4, -0.2) is 70.5 Å². The van der Waals surface area contributed by atoms with Gasteiger partial charge in [-0.2, -0.15) is 31.4 Å². The van der Waals surface area contributed by atoms with Crippen molar-refractivity contribution in [2.75, 3.05) is 31.1 Å². The third kappa shape index (κ3) is 10.1. The minimum absolute atomic E-state index is 0.840. The molecule has 0 saturated carbocycles. The van der Waals surface area contributed by atoms with Crippen LogP contribution in [0.2, 0.25) is 0 Å². The van der Waals surface area contributed by atoms with Gasteiger partial charge in [-0.15, -0.1) is 0 Å². The maximum Gasteiger partial charge on any atom is 0.490 e. The van der Waals surface area contributed by atoms with Gasteiger partial charge in [-0.25, -0.2) is 9.59 Å². The minimum atomic E-state index is -5.08. The number of halogens is 6. The Kier molecular flexibility index (Phi) is 9.97. The van der Waals surface area contributed by atoms with Crippen molar-refractivity contribution < 1.29 is 46.1 Å². The largest absolute Gasteiger partial charge is 0.490 e. The van der Waals surface area contributed by atoms with Crippen molar-refractivity contribution in [2.45, 2.75) is 18.9 Å². The lowest BCUT2D eigenvalue weighted by molar-refractivity contribution is -0.193. The Hall–Kier alpha value is -3.29. The van der Waals surface area contributed by atoms with Crippen LogP contribution in [0.25, 0.3) is 0 Å². The maximum absolute atomic E-state index is 10.6. The fourth-order valence-corrected chi connectivity index (χ4v) is 2.30. The van der Waals surface area contributed by atoms with E-state index in [0.717, 1.165) is 32.7 Å². The average Bonchev–Trinajstić information content (AvgIpc) is 3.17. The van der Waals surface area contributed by atoms with E-state index < -0.39 is 24.3 Å². The first kappa shape index (κ1) is 26.7. The van der Waals surface area contributed by atoms with Crippen molar-refractivity contribution >= 4 is 17.6 Å². The Morgan fingerprint density at radius 2 is 1.41 bits per heavy atom. The molecule has 1 aliphatic heterocycles. The van der Waals surface area contributed by atoms with Gasteiger partial charge in [0.1, 0.15) is 0 Å². The minimum Gasteiger partial charge on any atom is -0.475 e. The molecular formula is C18H20F6N4O4. The molecule has 178 valence electrons. The molecule has 32 heavy (non-hydrogen) atoms. The van der Waals surface area contributed by atoms with E-state index >= 15 is 0 Å². The highest BCUT2D eigenvalue weighted by Gasteiger charge is 2.38. The van der Waals surface area contributed by atoms with Gasteiger partial charge in [-0.3, -0.25) is 4.68 Å². The Balaban J connectivity index is 0.000000305. The zero-order chi connectivity index (χ0) is 24.4. The zero-order valence-electron chi connectivity index (χ0n) is 16.4. The van der Waals surface area contributed by atoms with Crippen LogP contribution in [0.3, 0.4) is 0 Å². The normalized spacial score (nSPS) is 13.9. The Bertz CT molecular complexity index is 825. The summed E-state index contributed by atoms with van der Waals surface area (Å²) in [5.41, 5.74) is 2.51. The van der Waals surface area contributed by atoms with Crippen molar-refractivity contribution in [3.8, 4) is 0 Å². The number of carboxylic acids is 2. The van der Waals surface area contributed by atoms with Gasteiger partial charge >= 0.3 is 24.3 Å². The van der Waals surface area contributed by atoms with Gasteiger partial charge in [-0.1, -0.05) is 30.3 Å². The number of nitrogens with zero attached hydrogens (tertiary/aromatic N) is 3. The number of aromatic nitrogens is 2. The van der Waals surface area contributed by atoms with Gasteiger partial charge in [-0.05, 0) is 5.56 Å². The molecule has 0 amide bonds. The molecule has 1 aromatic heterocycles. The molecule has 2 aromatic rings. The predicted molar refractivity (Wildman–Crippen MR) is 100 cm³/mol.